The maximum atomic E-state index is 11.9. The molecular weight excluding hydrogens is 370 g/mol. The lowest BCUT2D eigenvalue weighted by Gasteiger charge is -2.32. The van der Waals surface area contributed by atoms with Crippen LogP contribution in [0.2, 0.25) is 0 Å². The number of carboxylic acids is 1. The van der Waals surface area contributed by atoms with Crippen LogP contribution < -0.4 is 14.2 Å². The molecule has 6 nitrogen and oxygen atoms in total. The van der Waals surface area contributed by atoms with Gasteiger partial charge in [0.1, 0.15) is 11.8 Å². The molecule has 156 valence electrons. The number of nitrogens with zero attached hydrogens (tertiary/aromatic N) is 1. The van der Waals surface area contributed by atoms with Gasteiger partial charge < -0.3 is 19.3 Å². The second-order valence-electron chi connectivity index (χ2n) is 6.99. The molecule has 2 aromatic rings. The maximum Gasteiger partial charge on any atom is 0.320 e. The van der Waals surface area contributed by atoms with Gasteiger partial charge in [0.2, 0.25) is 0 Å². The number of hydrogen-bond acceptors (Lipinski definition) is 5. The van der Waals surface area contributed by atoms with Crippen LogP contribution in [0, 0.1) is 0 Å². The maximum absolute atomic E-state index is 11.9. The summed E-state index contributed by atoms with van der Waals surface area (Å²) in [5.41, 5.74) is 1.96. The fraction of sp³-hybridized carbons (Fsp3) is 0.435. The summed E-state index contributed by atoms with van der Waals surface area (Å²) >= 11 is 0. The summed E-state index contributed by atoms with van der Waals surface area (Å²) in [4.78, 5) is 14.0. The molecular formula is C23H29NO5. The fourth-order valence-corrected chi connectivity index (χ4v) is 3.99. The van der Waals surface area contributed by atoms with Gasteiger partial charge in [-0.3, -0.25) is 9.69 Å². The molecule has 1 saturated heterocycles. The molecule has 0 bridgehead atoms. The Balaban J connectivity index is 2.09. The number of rotatable bonds is 9. The third-order valence-electron chi connectivity index (χ3n) is 5.20. The highest BCUT2D eigenvalue weighted by Crippen LogP contribution is 2.39. The highest BCUT2D eigenvalue weighted by atomic mass is 16.5. The second-order valence-corrected chi connectivity index (χ2v) is 6.99. The minimum Gasteiger partial charge on any atom is -0.497 e. The lowest BCUT2D eigenvalue weighted by Crippen LogP contribution is -2.39. The van der Waals surface area contributed by atoms with Crippen molar-refractivity contribution in [1.82, 2.24) is 4.90 Å². The lowest BCUT2D eigenvalue weighted by molar-refractivity contribution is -0.142. The number of likely N-dealkylation sites (tertiary alicyclic amines) is 1. The topological polar surface area (TPSA) is 68.2 Å². The number of carbonyl (C=O) groups is 1. The molecule has 2 unspecified atom stereocenters. The van der Waals surface area contributed by atoms with Gasteiger partial charge in [-0.2, -0.15) is 0 Å². The summed E-state index contributed by atoms with van der Waals surface area (Å²) in [5.74, 6) is 1.32. The Morgan fingerprint density at radius 2 is 1.83 bits per heavy atom. The van der Waals surface area contributed by atoms with Crippen LogP contribution in [-0.4, -0.2) is 48.9 Å². The van der Waals surface area contributed by atoms with E-state index in [1.807, 2.05) is 56.3 Å². The van der Waals surface area contributed by atoms with E-state index >= 15 is 0 Å². The molecule has 3 rings (SSSR count). The Labute approximate surface area is 172 Å². The van der Waals surface area contributed by atoms with Gasteiger partial charge in [-0.1, -0.05) is 18.2 Å². The molecule has 1 N–H and O–H groups in total. The minimum atomic E-state index is -0.786. The highest BCUT2D eigenvalue weighted by Gasteiger charge is 2.37. The van der Waals surface area contributed by atoms with E-state index in [-0.39, 0.29) is 6.04 Å². The van der Waals surface area contributed by atoms with Crippen LogP contribution >= 0.6 is 0 Å². The smallest absolute Gasteiger partial charge is 0.320 e. The number of hydrogen-bond donors (Lipinski definition) is 1. The Morgan fingerprint density at radius 3 is 2.52 bits per heavy atom. The summed E-state index contributed by atoms with van der Waals surface area (Å²) in [6.07, 6.45) is 1.50. The fourth-order valence-electron chi connectivity index (χ4n) is 3.99. The number of ether oxygens (including phenoxy) is 3. The molecule has 1 heterocycles. The first-order valence-electron chi connectivity index (χ1n) is 10.1. The van der Waals surface area contributed by atoms with E-state index in [1.165, 1.54) is 0 Å². The predicted molar refractivity (Wildman–Crippen MR) is 111 cm³/mol. The SMILES string of the molecule is CCOc1ccc(C(c2cccc(OC)c2)N2CCCC2C(=O)O)cc1OCC. The molecule has 29 heavy (non-hydrogen) atoms. The summed E-state index contributed by atoms with van der Waals surface area (Å²) in [6, 6.07) is 12.9. The lowest BCUT2D eigenvalue weighted by atomic mass is 9.95. The summed E-state index contributed by atoms with van der Waals surface area (Å²) in [6.45, 7) is 5.66. The van der Waals surface area contributed by atoms with Gasteiger partial charge in [-0.15, -0.1) is 0 Å². The van der Waals surface area contributed by atoms with Crippen LogP contribution in [0.15, 0.2) is 42.5 Å². The van der Waals surface area contributed by atoms with Gasteiger partial charge in [0.05, 0.1) is 26.4 Å². The molecule has 1 fully saturated rings. The van der Waals surface area contributed by atoms with Crippen molar-refractivity contribution >= 4 is 5.97 Å². The van der Waals surface area contributed by atoms with Crippen LogP contribution in [0.25, 0.3) is 0 Å². The van der Waals surface area contributed by atoms with Gasteiger partial charge >= 0.3 is 5.97 Å². The molecule has 2 aromatic carbocycles. The van der Waals surface area contributed by atoms with Gasteiger partial charge in [0.25, 0.3) is 0 Å². The molecule has 1 aliphatic heterocycles. The van der Waals surface area contributed by atoms with Crippen molar-refractivity contribution in [3.63, 3.8) is 0 Å². The third-order valence-corrected chi connectivity index (χ3v) is 5.20. The van der Waals surface area contributed by atoms with E-state index in [0.29, 0.717) is 31.1 Å². The van der Waals surface area contributed by atoms with Gasteiger partial charge in [0.15, 0.2) is 11.5 Å². The van der Waals surface area contributed by atoms with Crippen LogP contribution in [-0.2, 0) is 4.79 Å². The predicted octanol–water partition coefficient (Wildman–Crippen LogP) is 4.13. The molecule has 6 heteroatoms. The average Bonchev–Trinajstić information content (AvgIpc) is 3.20. The highest BCUT2D eigenvalue weighted by molar-refractivity contribution is 5.74. The molecule has 0 saturated carbocycles. The van der Waals surface area contributed by atoms with E-state index in [9.17, 15) is 9.90 Å². The molecule has 2 atom stereocenters. The van der Waals surface area contributed by atoms with E-state index in [2.05, 4.69) is 4.90 Å². The quantitative estimate of drug-likeness (QED) is 0.684. The normalized spacial score (nSPS) is 17.7. The largest absolute Gasteiger partial charge is 0.497 e. The van der Waals surface area contributed by atoms with Gasteiger partial charge in [0, 0.05) is 6.54 Å². The van der Waals surface area contributed by atoms with E-state index in [4.69, 9.17) is 14.2 Å². The average molecular weight is 399 g/mol. The van der Waals surface area contributed by atoms with Crippen LogP contribution in [0.1, 0.15) is 43.9 Å². The number of benzene rings is 2. The van der Waals surface area contributed by atoms with Gasteiger partial charge in [-0.25, -0.2) is 0 Å². The standard InChI is InChI=1S/C23H29NO5/c1-4-28-20-12-11-17(15-21(20)29-5-2)22(16-8-6-9-18(14-16)27-3)24-13-7-10-19(24)23(25)26/h6,8-9,11-12,14-15,19,22H,4-5,7,10,13H2,1-3H3,(H,25,26). The molecule has 0 radical (unpaired) electrons. The van der Waals surface area contributed by atoms with E-state index in [1.54, 1.807) is 7.11 Å². The molecule has 0 aliphatic carbocycles. The Kier molecular flexibility index (Phi) is 6.99. The molecule has 0 aromatic heterocycles. The first kappa shape index (κ1) is 21.0. The van der Waals surface area contributed by atoms with Crippen molar-refractivity contribution in [3.8, 4) is 17.2 Å². The summed E-state index contributed by atoms with van der Waals surface area (Å²) in [5, 5.41) is 9.77. The van der Waals surface area contributed by atoms with Crippen molar-refractivity contribution in [2.75, 3.05) is 26.9 Å². The monoisotopic (exact) mass is 399 g/mol. The van der Waals surface area contributed by atoms with Crippen LogP contribution in [0.5, 0.6) is 17.2 Å². The molecule has 0 amide bonds. The first-order valence-corrected chi connectivity index (χ1v) is 10.1. The zero-order valence-electron chi connectivity index (χ0n) is 17.3. The number of carboxylic acid groups (broad SMARTS) is 1. The number of methoxy groups -OCH3 is 1. The summed E-state index contributed by atoms with van der Waals surface area (Å²) in [7, 11) is 1.63. The van der Waals surface area contributed by atoms with Crippen molar-refractivity contribution in [2.24, 2.45) is 0 Å². The third kappa shape index (κ3) is 4.65. The second kappa shape index (κ2) is 9.65. The number of aliphatic carboxylic acids is 1. The molecule has 0 spiro atoms. The Morgan fingerprint density at radius 1 is 1.10 bits per heavy atom. The van der Waals surface area contributed by atoms with Crippen LogP contribution in [0.3, 0.4) is 0 Å². The summed E-state index contributed by atoms with van der Waals surface area (Å²) < 4.78 is 16.9. The van der Waals surface area contributed by atoms with Crippen molar-refractivity contribution in [1.29, 1.82) is 0 Å². The van der Waals surface area contributed by atoms with Crippen molar-refractivity contribution in [2.45, 2.75) is 38.8 Å². The zero-order valence-corrected chi connectivity index (χ0v) is 17.3. The minimum absolute atomic E-state index is 0.219. The Hall–Kier alpha value is -2.73. The zero-order chi connectivity index (χ0) is 20.8. The van der Waals surface area contributed by atoms with E-state index < -0.39 is 12.0 Å². The van der Waals surface area contributed by atoms with Crippen molar-refractivity contribution in [3.05, 3.63) is 53.6 Å². The Bertz CT molecular complexity index is 838. The first-order chi connectivity index (χ1) is 14.1. The van der Waals surface area contributed by atoms with E-state index in [0.717, 1.165) is 29.8 Å². The van der Waals surface area contributed by atoms with Crippen molar-refractivity contribution < 1.29 is 24.1 Å². The molecule has 1 aliphatic rings. The van der Waals surface area contributed by atoms with Gasteiger partial charge in [-0.05, 0) is 62.1 Å². The van der Waals surface area contributed by atoms with Crippen LogP contribution in [0.4, 0.5) is 0 Å².